The highest BCUT2D eigenvalue weighted by molar-refractivity contribution is 7.24. The van der Waals surface area contributed by atoms with E-state index in [-0.39, 0.29) is 16.9 Å². The van der Waals surface area contributed by atoms with E-state index in [0.29, 0.717) is 22.4 Å². The Bertz CT molecular complexity index is 1460. The van der Waals surface area contributed by atoms with Crippen LogP contribution in [-0.4, -0.2) is 84.5 Å². The van der Waals surface area contributed by atoms with Crippen LogP contribution in [0.2, 0.25) is 0 Å². The maximum Gasteiger partial charge on any atom is 0.258 e. The topological polar surface area (TPSA) is 73.2 Å². The number of carbonyl (C=O) groups excluding carboxylic acids is 1. The Kier molecular flexibility index (Phi) is 5.91. The molecule has 2 aliphatic rings. The summed E-state index contributed by atoms with van der Waals surface area (Å²) in [6.07, 6.45) is 4.21. The van der Waals surface area contributed by atoms with Crippen LogP contribution in [0.3, 0.4) is 0 Å². The van der Waals surface area contributed by atoms with Crippen molar-refractivity contribution in [1.29, 1.82) is 0 Å². The van der Waals surface area contributed by atoms with E-state index in [1.54, 1.807) is 6.20 Å². The van der Waals surface area contributed by atoms with Crippen molar-refractivity contribution >= 4 is 49.0 Å². The molecule has 2 saturated heterocycles. The van der Waals surface area contributed by atoms with E-state index in [1.807, 2.05) is 34.7 Å². The molecule has 1 aromatic carbocycles. The molecular weight excluding hydrogens is 460 g/mol. The minimum Gasteiger partial charge on any atom is -0.368 e. The lowest BCUT2D eigenvalue weighted by Crippen LogP contribution is -2.45. The third-order valence-electron chi connectivity index (χ3n) is 7.29. The molecule has 4 aromatic rings. The molecule has 35 heavy (non-hydrogen) atoms. The molecule has 0 bridgehead atoms. The molecule has 2 aliphatic heterocycles. The molecule has 2 fully saturated rings. The first-order chi connectivity index (χ1) is 17.1. The summed E-state index contributed by atoms with van der Waals surface area (Å²) in [5.74, 6) is -0.298. The van der Waals surface area contributed by atoms with Crippen LogP contribution in [0.25, 0.3) is 26.1 Å². The fourth-order valence-corrected chi connectivity index (χ4v) is 6.53. The number of pyridine rings is 2. The number of thiazole rings is 1. The summed E-state index contributed by atoms with van der Waals surface area (Å²) >= 11 is 1.48. The highest BCUT2D eigenvalue weighted by Crippen LogP contribution is 2.33. The summed E-state index contributed by atoms with van der Waals surface area (Å²) in [7, 11) is 2.11. The second-order valence-electron chi connectivity index (χ2n) is 9.54. The van der Waals surface area contributed by atoms with Gasteiger partial charge in [-0.2, -0.15) is 0 Å². The van der Waals surface area contributed by atoms with Crippen LogP contribution < -0.4 is 15.6 Å². The summed E-state index contributed by atoms with van der Waals surface area (Å²) in [4.78, 5) is 39.8. The zero-order valence-electron chi connectivity index (χ0n) is 20.0. The molecular formula is C26H30N6O2S. The Balaban J connectivity index is 1.51. The van der Waals surface area contributed by atoms with E-state index in [2.05, 4.69) is 32.0 Å². The van der Waals surface area contributed by atoms with Gasteiger partial charge in [0.2, 0.25) is 5.43 Å². The lowest BCUT2D eigenvalue weighted by molar-refractivity contribution is 0.0950. The number of hydrogen-bond donors (Lipinski definition) is 1. The Hall–Kier alpha value is -3.01. The molecule has 1 N–H and O–H groups in total. The number of benzene rings is 1. The average molecular weight is 491 g/mol. The molecule has 182 valence electrons. The second kappa shape index (κ2) is 9.22. The average Bonchev–Trinajstić information content (AvgIpc) is 3.52. The zero-order valence-corrected chi connectivity index (χ0v) is 20.8. The van der Waals surface area contributed by atoms with Gasteiger partial charge in [0.05, 0.1) is 21.3 Å². The highest BCUT2D eigenvalue weighted by Gasteiger charge is 2.26. The Morgan fingerprint density at radius 2 is 1.83 bits per heavy atom. The summed E-state index contributed by atoms with van der Waals surface area (Å²) < 4.78 is 3.03. The Labute approximate surface area is 207 Å². The van der Waals surface area contributed by atoms with Crippen molar-refractivity contribution in [2.45, 2.75) is 12.8 Å². The number of piperazine rings is 1. The lowest BCUT2D eigenvalue weighted by atomic mass is 10.1. The molecule has 5 heterocycles. The summed E-state index contributed by atoms with van der Waals surface area (Å²) in [6.45, 7) is 7.02. The fourth-order valence-electron chi connectivity index (χ4n) is 5.34. The maximum absolute atomic E-state index is 14.1. The molecule has 8 nitrogen and oxygen atoms in total. The van der Waals surface area contributed by atoms with E-state index in [4.69, 9.17) is 0 Å². The van der Waals surface area contributed by atoms with Gasteiger partial charge in [0, 0.05) is 45.5 Å². The predicted octanol–water partition coefficient (Wildman–Crippen LogP) is 2.64. The SMILES string of the molecule is CN1CCN(c2ccnc3c2c(=O)c(C(=O)NCCN2CCCC2)c2sc4ccccc4n23)CC1. The van der Waals surface area contributed by atoms with Gasteiger partial charge in [-0.3, -0.25) is 14.0 Å². The molecule has 9 heteroatoms. The van der Waals surface area contributed by atoms with Crippen molar-refractivity contribution in [3.05, 3.63) is 52.3 Å². The highest BCUT2D eigenvalue weighted by atomic mass is 32.1. The number of aromatic nitrogens is 2. The Morgan fingerprint density at radius 1 is 1.06 bits per heavy atom. The number of fused-ring (bicyclic) bond motifs is 5. The number of likely N-dealkylation sites (N-methyl/N-ethyl adjacent to an activating group) is 1. The molecule has 0 saturated carbocycles. The van der Waals surface area contributed by atoms with Crippen molar-refractivity contribution < 1.29 is 4.79 Å². The molecule has 0 atom stereocenters. The normalized spacial score (nSPS) is 17.7. The van der Waals surface area contributed by atoms with Gasteiger partial charge in [0.25, 0.3) is 5.91 Å². The summed E-state index contributed by atoms with van der Waals surface area (Å²) in [5.41, 5.74) is 2.44. The largest absolute Gasteiger partial charge is 0.368 e. The van der Waals surface area contributed by atoms with Gasteiger partial charge in [-0.1, -0.05) is 12.1 Å². The first-order valence-corrected chi connectivity index (χ1v) is 13.2. The number of hydrogen-bond acceptors (Lipinski definition) is 7. The number of carbonyl (C=O) groups is 1. The minimum absolute atomic E-state index is 0.225. The first kappa shape index (κ1) is 22.5. The van der Waals surface area contributed by atoms with E-state index < -0.39 is 0 Å². The summed E-state index contributed by atoms with van der Waals surface area (Å²) in [6, 6.07) is 9.95. The first-order valence-electron chi connectivity index (χ1n) is 12.4. The molecule has 1 amide bonds. The zero-order chi connectivity index (χ0) is 23.9. The second-order valence-corrected chi connectivity index (χ2v) is 10.6. The maximum atomic E-state index is 14.1. The monoisotopic (exact) mass is 490 g/mol. The minimum atomic E-state index is -0.298. The third-order valence-corrected chi connectivity index (χ3v) is 8.43. The van der Waals surface area contributed by atoms with Gasteiger partial charge in [0.1, 0.15) is 10.4 Å². The Morgan fingerprint density at radius 3 is 2.63 bits per heavy atom. The molecule has 3 aromatic heterocycles. The number of nitrogens with one attached hydrogen (secondary N) is 1. The van der Waals surface area contributed by atoms with Crippen LogP contribution in [-0.2, 0) is 0 Å². The smallest absolute Gasteiger partial charge is 0.258 e. The quantitative estimate of drug-likeness (QED) is 0.464. The van der Waals surface area contributed by atoms with Gasteiger partial charge in [0.15, 0.2) is 5.65 Å². The van der Waals surface area contributed by atoms with Crippen LogP contribution in [0.4, 0.5) is 5.69 Å². The van der Waals surface area contributed by atoms with Crippen LogP contribution in [0, 0.1) is 0 Å². The number of rotatable bonds is 5. The molecule has 0 aliphatic carbocycles. The molecule has 6 rings (SSSR count). The van der Waals surface area contributed by atoms with Gasteiger partial charge in [-0.15, -0.1) is 11.3 Å². The number of para-hydroxylation sites is 1. The van der Waals surface area contributed by atoms with Crippen LogP contribution in [0.5, 0.6) is 0 Å². The fraction of sp³-hybridized carbons (Fsp3) is 0.423. The van der Waals surface area contributed by atoms with Gasteiger partial charge < -0.3 is 20.0 Å². The van der Waals surface area contributed by atoms with E-state index in [1.165, 1.54) is 24.2 Å². The number of nitrogens with zero attached hydrogens (tertiary/aromatic N) is 5. The predicted molar refractivity (Wildman–Crippen MR) is 142 cm³/mol. The van der Waals surface area contributed by atoms with E-state index in [9.17, 15) is 9.59 Å². The van der Waals surface area contributed by atoms with Crippen molar-refractivity contribution in [3.8, 4) is 0 Å². The standard InChI is InChI=1S/C26H30N6O2S/c1-29-14-16-31(17-15-29)19-8-9-27-24-21(19)23(33)22(25(34)28-10-13-30-11-4-5-12-30)26-32(24)18-6-2-3-7-20(18)35-26/h2-3,6-9H,4-5,10-17H2,1H3,(H,28,34). The van der Waals surface area contributed by atoms with Crippen LogP contribution in [0.15, 0.2) is 41.3 Å². The van der Waals surface area contributed by atoms with Crippen molar-refractivity contribution in [2.24, 2.45) is 0 Å². The lowest BCUT2D eigenvalue weighted by Gasteiger charge is -2.34. The van der Waals surface area contributed by atoms with Gasteiger partial charge in [-0.05, 0) is 51.2 Å². The third kappa shape index (κ3) is 3.97. The van der Waals surface area contributed by atoms with E-state index >= 15 is 0 Å². The van der Waals surface area contributed by atoms with Gasteiger partial charge >= 0.3 is 0 Å². The van der Waals surface area contributed by atoms with Crippen LogP contribution in [0.1, 0.15) is 23.2 Å². The van der Waals surface area contributed by atoms with E-state index in [0.717, 1.165) is 61.7 Å². The van der Waals surface area contributed by atoms with Crippen LogP contribution >= 0.6 is 11.3 Å². The number of likely N-dealkylation sites (tertiary alicyclic amines) is 1. The van der Waals surface area contributed by atoms with Gasteiger partial charge in [-0.25, -0.2) is 4.98 Å². The van der Waals surface area contributed by atoms with Crippen molar-refractivity contribution in [2.75, 3.05) is 64.3 Å². The van der Waals surface area contributed by atoms with Crippen molar-refractivity contribution in [3.63, 3.8) is 0 Å². The van der Waals surface area contributed by atoms with Crippen molar-refractivity contribution in [1.82, 2.24) is 24.5 Å². The summed E-state index contributed by atoms with van der Waals surface area (Å²) in [5, 5.41) is 3.58. The molecule has 0 unspecified atom stereocenters. The molecule has 0 radical (unpaired) electrons. The molecule has 0 spiro atoms. The number of anilines is 1. The number of amides is 1.